The Labute approximate surface area is 113 Å². The van der Waals surface area contributed by atoms with Gasteiger partial charge in [-0.15, -0.1) is 0 Å². The van der Waals surface area contributed by atoms with Gasteiger partial charge < -0.3 is 5.73 Å². The highest BCUT2D eigenvalue weighted by Gasteiger charge is 2.43. The predicted molar refractivity (Wildman–Crippen MR) is 74.8 cm³/mol. The lowest BCUT2D eigenvalue weighted by atomic mass is 9.77. The Bertz CT molecular complexity index is 535. The molecular weight excluding hydrogens is 240 g/mol. The number of benzene rings is 1. The molecule has 4 heteroatoms. The number of hydrogen-bond acceptors (Lipinski definition) is 3. The van der Waals surface area contributed by atoms with E-state index in [1.807, 2.05) is 20.8 Å². The molecule has 19 heavy (non-hydrogen) atoms. The van der Waals surface area contributed by atoms with Crippen LogP contribution in [0.25, 0.3) is 0 Å². The van der Waals surface area contributed by atoms with Crippen molar-refractivity contribution in [2.45, 2.75) is 39.0 Å². The summed E-state index contributed by atoms with van der Waals surface area (Å²) in [5.74, 6) is -0.344. The number of nitrogen functional groups attached to an aromatic ring is 1. The van der Waals surface area contributed by atoms with Crippen LogP contribution in [0, 0.1) is 0 Å². The number of anilines is 1. The van der Waals surface area contributed by atoms with Gasteiger partial charge in [-0.1, -0.05) is 19.4 Å². The number of carbonyl (C=O) groups excluding carboxylic acids is 2. The standard InChI is InChI=1S/C15H20N2O2/c1-4-5-8-17-13(18)11-9-10(16)6-7-12(11)15(2,3)14(17)19/h6-7,9H,4-5,8,16H2,1-3H3. The van der Waals surface area contributed by atoms with E-state index >= 15 is 0 Å². The van der Waals surface area contributed by atoms with E-state index in [9.17, 15) is 9.59 Å². The summed E-state index contributed by atoms with van der Waals surface area (Å²) in [7, 11) is 0. The summed E-state index contributed by atoms with van der Waals surface area (Å²) in [5, 5.41) is 0. The Balaban J connectivity index is 2.51. The van der Waals surface area contributed by atoms with Crippen LogP contribution in [0.4, 0.5) is 5.69 Å². The van der Waals surface area contributed by atoms with Gasteiger partial charge in [-0.05, 0) is 38.0 Å². The Morgan fingerprint density at radius 2 is 1.95 bits per heavy atom. The molecule has 1 aliphatic rings. The van der Waals surface area contributed by atoms with Crippen molar-refractivity contribution < 1.29 is 9.59 Å². The van der Waals surface area contributed by atoms with Crippen LogP contribution in [0.2, 0.25) is 0 Å². The van der Waals surface area contributed by atoms with Crippen LogP contribution in [-0.4, -0.2) is 23.3 Å². The molecule has 2 rings (SSSR count). The number of imide groups is 1. The minimum atomic E-state index is -0.676. The predicted octanol–water partition coefficient (Wildman–Crippen LogP) is 2.33. The zero-order valence-electron chi connectivity index (χ0n) is 11.7. The van der Waals surface area contributed by atoms with E-state index in [0.29, 0.717) is 17.8 Å². The first-order valence-corrected chi connectivity index (χ1v) is 6.66. The van der Waals surface area contributed by atoms with Gasteiger partial charge in [0.2, 0.25) is 5.91 Å². The summed E-state index contributed by atoms with van der Waals surface area (Å²) in [6.45, 7) is 6.23. The Morgan fingerprint density at radius 3 is 2.58 bits per heavy atom. The topological polar surface area (TPSA) is 63.4 Å². The normalized spacial score (nSPS) is 17.5. The van der Waals surface area contributed by atoms with Crippen molar-refractivity contribution in [1.82, 2.24) is 4.90 Å². The van der Waals surface area contributed by atoms with Crippen LogP contribution >= 0.6 is 0 Å². The molecule has 0 fully saturated rings. The second kappa shape index (κ2) is 4.68. The van der Waals surface area contributed by atoms with Gasteiger partial charge >= 0.3 is 0 Å². The highest BCUT2D eigenvalue weighted by Crippen LogP contribution is 2.35. The zero-order valence-corrected chi connectivity index (χ0v) is 11.7. The van der Waals surface area contributed by atoms with Crippen LogP contribution in [0.1, 0.15) is 49.5 Å². The van der Waals surface area contributed by atoms with Gasteiger partial charge in [0.15, 0.2) is 0 Å². The lowest BCUT2D eigenvalue weighted by molar-refractivity contribution is -0.134. The molecule has 0 atom stereocenters. The van der Waals surface area contributed by atoms with Crippen LogP contribution in [0.3, 0.4) is 0 Å². The average molecular weight is 260 g/mol. The van der Waals surface area contributed by atoms with Crippen molar-refractivity contribution in [2.24, 2.45) is 0 Å². The first-order valence-electron chi connectivity index (χ1n) is 6.66. The number of hydrogen-bond donors (Lipinski definition) is 1. The number of nitrogens with zero attached hydrogens (tertiary/aromatic N) is 1. The fourth-order valence-electron chi connectivity index (χ4n) is 2.49. The molecule has 1 aromatic rings. The lowest BCUT2D eigenvalue weighted by Gasteiger charge is -2.37. The average Bonchev–Trinajstić information content (AvgIpc) is 2.36. The summed E-state index contributed by atoms with van der Waals surface area (Å²) in [5.41, 5.74) is 6.95. The quantitative estimate of drug-likeness (QED) is 0.670. The van der Waals surface area contributed by atoms with Gasteiger partial charge in [-0.2, -0.15) is 0 Å². The molecule has 0 saturated carbocycles. The SMILES string of the molecule is CCCCN1C(=O)c2cc(N)ccc2C(C)(C)C1=O. The molecule has 0 aliphatic carbocycles. The molecule has 1 aromatic carbocycles. The monoisotopic (exact) mass is 260 g/mol. The third-order valence-electron chi connectivity index (χ3n) is 3.71. The lowest BCUT2D eigenvalue weighted by Crippen LogP contribution is -2.52. The van der Waals surface area contributed by atoms with Crippen molar-refractivity contribution in [3.8, 4) is 0 Å². The van der Waals surface area contributed by atoms with Gasteiger partial charge in [-0.3, -0.25) is 14.5 Å². The molecule has 1 aliphatic heterocycles. The molecule has 0 unspecified atom stereocenters. The minimum absolute atomic E-state index is 0.122. The number of unbranched alkanes of at least 4 members (excludes halogenated alkanes) is 1. The number of rotatable bonds is 3. The van der Waals surface area contributed by atoms with E-state index in [4.69, 9.17) is 5.73 Å². The second-order valence-corrected chi connectivity index (χ2v) is 5.55. The molecule has 102 valence electrons. The van der Waals surface area contributed by atoms with Crippen LogP contribution < -0.4 is 5.73 Å². The van der Waals surface area contributed by atoms with E-state index in [0.717, 1.165) is 18.4 Å². The maximum atomic E-state index is 12.5. The summed E-state index contributed by atoms with van der Waals surface area (Å²) in [6.07, 6.45) is 1.77. The Kier molecular flexibility index (Phi) is 3.35. The van der Waals surface area contributed by atoms with Crippen LogP contribution in [0.5, 0.6) is 0 Å². The molecule has 2 N–H and O–H groups in total. The third-order valence-corrected chi connectivity index (χ3v) is 3.71. The van der Waals surface area contributed by atoms with Crippen molar-refractivity contribution in [3.05, 3.63) is 29.3 Å². The minimum Gasteiger partial charge on any atom is -0.399 e. The van der Waals surface area contributed by atoms with E-state index in [-0.39, 0.29) is 11.8 Å². The molecule has 4 nitrogen and oxygen atoms in total. The van der Waals surface area contributed by atoms with Gasteiger partial charge in [-0.25, -0.2) is 0 Å². The van der Waals surface area contributed by atoms with Crippen molar-refractivity contribution in [3.63, 3.8) is 0 Å². The summed E-state index contributed by atoms with van der Waals surface area (Å²) in [4.78, 5) is 26.3. The van der Waals surface area contributed by atoms with Gasteiger partial charge in [0.1, 0.15) is 0 Å². The number of amides is 2. The Hall–Kier alpha value is -1.84. The van der Waals surface area contributed by atoms with Gasteiger partial charge in [0, 0.05) is 17.8 Å². The maximum Gasteiger partial charge on any atom is 0.260 e. The fraction of sp³-hybridized carbons (Fsp3) is 0.467. The fourth-order valence-corrected chi connectivity index (χ4v) is 2.49. The molecular formula is C15H20N2O2. The molecule has 0 bridgehead atoms. The molecule has 0 aromatic heterocycles. The van der Waals surface area contributed by atoms with E-state index in [1.165, 1.54) is 4.90 Å². The smallest absolute Gasteiger partial charge is 0.260 e. The molecule has 1 heterocycles. The molecule has 0 saturated heterocycles. The molecule has 0 spiro atoms. The Morgan fingerprint density at radius 1 is 1.26 bits per heavy atom. The zero-order chi connectivity index (χ0) is 14.2. The van der Waals surface area contributed by atoms with Crippen molar-refractivity contribution in [2.75, 3.05) is 12.3 Å². The second-order valence-electron chi connectivity index (χ2n) is 5.55. The van der Waals surface area contributed by atoms with Crippen LogP contribution in [-0.2, 0) is 10.2 Å². The first kappa shape index (κ1) is 13.6. The highest BCUT2D eigenvalue weighted by atomic mass is 16.2. The van der Waals surface area contributed by atoms with Crippen molar-refractivity contribution in [1.29, 1.82) is 0 Å². The van der Waals surface area contributed by atoms with Gasteiger partial charge in [0.25, 0.3) is 5.91 Å². The molecule has 0 radical (unpaired) electrons. The third kappa shape index (κ3) is 2.11. The van der Waals surface area contributed by atoms with E-state index < -0.39 is 5.41 Å². The van der Waals surface area contributed by atoms with E-state index in [1.54, 1.807) is 18.2 Å². The summed E-state index contributed by atoms with van der Waals surface area (Å²) in [6, 6.07) is 5.20. The van der Waals surface area contributed by atoms with Gasteiger partial charge in [0.05, 0.1) is 5.41 Å². The van der Waals surface area contributed by atoms with Crippen molar-refractivity contribution >= 4 is 17.5 Å². The molecule has 2 amide bonds. The highest BCUT2D eigenvalue weighted by molar-refractivity contribution is 6.13. The number of nitrogens with two attached hydrogens (primary N) is 1. The summed E-state index contributed by atoms with van der Waals surface area (Å²) < 4.78 is 0. The summed E-state index contributed by atoms with van der Waals surface area (Å²) >= 11 is 0. The largest absolute Gasteiger partial charge is 0.399 e. The number of fused-ring (bicyclic) bond motifs is 1. The maximum absolute atomic E-state index is 12.5. The first-order chi connectivity index (χ1) is 8.89. The number of carbonyl (C=O) groups is 2. The van der Waals surface area contributed by atoms with Crippen LogP contribution in [0.15, 0.2) is 18.2 Å². The van der Waals surface area contributed by atoms with E-state index in [2.05, 4.69) is 0 Å².